The number of hydrogen-bond acceptors (Lipinski definition) is 3. The molecule has 0 aliphatic heterocycles. The van der Waals surface area contributed by atoms with E-state index in [1.54, 1.807) is 12.3 Å². The van der Waals surface area contributed by atoms with Crippen molar-refractivity contribution in [2.75, 3.05) is 0 Å². The second-order valence-electron chi connectivity index (χ2n) is 4.93. The summed E-state index contributed by atoms with van der Waals surface area (Å²) in [5.74, 6) is 0.652. The van der Waals surface area contributed by atoms with Gasteiger partial charge < -0.3 is 4.74 Å². The quantitative estimate of drug-likeness (QED) is 0.678. The molecule has 0 bridgehead atoms. The molecule has 0 N–H and O–H groups in total. The van der Waals surface area contributed by atoms with Crippen LogP contribution < -0.4 is 4.74 Å². The number of nitrogens with zero attached hydrogens (tertiary/aromatic N) is 1. The minimum absolute atomic E-state index is 0.427. The number of aldehydes is 1. The molecule has 3 nitrogen and oxygen atoms in total. The maximum Gasteiger partial charge on any atom is 0.153 e. The van der Waals surface area contributed by atoms with Crippen molar-refractivity contribution in [1.29, 1.82) is 0 Å². The standard InChI is InChI=1S/C18H15NO2/c1-13-4-2-5-16(11-20)18(13)21-12-14-7-8-17-15(10-14)6-3-9-19-17/h2-11H,12H2,1H3. The second-order valence-corrected chi connectivity index (χ2v) is 4.93. The number of carbonyl (C=O) groups excluding carboxylic acids is 1. The molecule has 1 aromatic heterocycles. The third-order valence-electron chi connectivity index (χ3n) is 3.42. The summed E-state index contributed by atoms with van der Waals surface area (Å²) in [4.78, 5) is 15.4. The molecule has 0 aliphatic carbocycles. The molecule has 2 aromatic carbocycles. The Bertz CT molecular complexity index is 796. The lowest BCUT2D eigenvalue weighted by Gasteiger charge is -2.11. The summed E-state index contributed by atoms with van der Waals surface area (Å²) in [6.07, 6.45) is 2.61. The van der Waals surface area contributed by atoms with Crippen molar-refractivity contribution >= 4 is 17.2 Å². The van der Waals surface area contributed by atoms with E-state index in [-0.39, 0.29) is 0 Å². The van der Waals surface area contributed by atoms with Gasteiger partial charge in [-0.15, -0.1) is 0 Å². The van der Waals surface area contributed by atoms with Crippen LogP contribution in [0.25, 0.3) is 10.9 Å². The van der Waals surface area contributed by atoms with Crippen molar-refractivity contribution in [3.05, 3.63) is 71.4 Å². The van der Waals surface area contributed by atoms with E-state index >= 15 is 0 Å². The molecule has 1 heterocycles. The summed E-state index contributed by atoms with van der Waals surface area (Å²) >= 11 is 0. The average Bonchev–Trinajstić information content (AvgIpc) is 2.53. The molecular formula is C18H15NO2. The van der Waals surface area contributed by atoms with E-state index in [1.165, 1.54) is 0 Å². The number of carbonyl (C=O) groups is 1. The number of rotatable bonds is 4. The van der Waals surface area contributed by atoms with Crippen molar-refractivity contribution in [2.45, 2.75) is 13.5 Å². The number of aromatic nitrogens is 1. The predicted octanol–water partition coefficient (Wildman–Crippen LogP) is 3.93. The Kier molecular flexibility index (Phi) is 3.65. The Morgan fingerprint density at radius 3 is 2.90 bits per heavy atom. The van der Waals surface area contributed by atoms with Crippen LogP contribution in [0.4, 0.5) is 0 Å². The number of aryl methyl sites for hydroxylation is 1. The minimum Gasteiger partial charge on any atom is -0.488 e. The largest absolute Gasteiger partial charge is 0.488 e. The fraction of sp³-hybridized carbons (Fsp3) is 0.111. The highest BCUT2D eigenvalue weighted by atomic mass is 16.5. The summed E-state index contributed by atoms with van der Waals surface area (Å²) in [5, 5.41) is 1.08. The highest BCUT2D eigenvalue weighted by molar-refractivity contribution is 5.80. The smallest absolute Gasteiger partial charge is 0.153 e. The molecule has 0 unspecified atom stereocenters. The molecule has 0 saturated heterocycles. The first-order valence-corrected chi connectivity index (χ1v) is 6.79. The number of hydrogen-bond donors (Lipinski definition) is 0. The summed E-state index contributed by atoms with van der Waals surface area (Å²) in [5.41, 5.74) is 3.56. The van der Waals surface area contributed by atoms with E-state index in [9.17, 15) is 4.79 Å². The van der Waals surface area contributed by atoms with Gasteiger partial charge in [-0.3, -0.25) is 9.78 Å². The van der Waals surface area contributed by atoms with Crippen molar-refractivity contribution in [3.8, 4) is 5.75 Å². The topological polar surface area (TPSA) is 39.2 Å². The molecule has 0 aliphatic rings. The molecule has 0 amide bonds. The molecule has 0 atom stereocenters. The molecular weight excluding hydrogens is 262 g/mol. The van der Waals surface area contributed by atoms with E-state index in [2.05, 4.69) is 11.1 Å². The van der Waals surface area contributed by atoms with Crippen molar-refractivity contribution in [2.24, 2.45) is 0 Å². The first-order chi connectivity index (χ1) is 10.3. The third kappa shape index (κ3) is 2.77. The van der Waals surface area contributed by atoms with E-state index in [0.717, 1.165) is 28.3 Å². The molecule has 104 valence electrons. The number of pyridine rings is 1. The van der Waals surface area contributed by atoms with Gasteiger partial charge in [-0.05, 0) is 42.3 Å². The summed E-state index contributed by atoms with van der Waals surface area (Å²) in [6, 6.07) is 15.5. The molecule has 0 fully saturated rings. The van der Waals surface area contributed by atoms with Gasteiger partial charge in [-0.1, -0.05) is 24.3 Å². The zero-order chi connectivity index (χ0) is 14.7. The Labute approximate surface area is 123 Å². The van der Waals surface area contributed by atoms with Gasteiger partial charge in [0.15, 0.2) is 6.29 Å². The van der Waals surface area contributed by atoms with E-state index < -0.39 is 0 Å². The van der Waals surface area contributed by atoms with Crippen LogP contribution in [-0.4, -0.2) is 11.3 Å². The lowest BCUT2D eigenvalue weighted by molar-refractivity contribution is 0.111. The van der Waals surface area contributed by atoms with Crippen LogP contribution in [0.1, 0.15) is 21.5 Å². The van der Waals surface area contributed by atoms with Gasteiger partial charge in [0, 0.05) is 11.6 Å². The van der Waals surface area contributed by atoms with Crippen LogP contribution in [-0.2, 0) is 6.61 Å². The van der Waals surface area contributed by atoms with Gasteiger partial charge in [0.05, 0.1) is 11.1 Å². The number of para-hydroxylation sites is 1. The van der Waals surface area contributed by atoms with E-state index in [4.69, 9.17) is 4.74 Å². The second kappa shape index (κ2) is 5.75. The minimum atomic E-state index is 0.427. The number of ether oxygens (including phenoxy) is 1. The fourth-order valence-electron chi connectivity index (χ4n) is 2.34. The zero-order valence-corrected chi connectivity index (χ0v) is 11.7. The van der Waals surface area contributed by atoms with Crippen molar-refractivity contribution in [1.82, 2.24) is 4.98 Å². The molecule has 0 spiro atoms. The first kappa shape index (κ1) is 13.3. The molecule has 3 heteroatoms. The Balaban J connectivity index is 1.85. The Hall–Kier alpha value is -2.68. The lowest BCUT2D eigenvalue weighted by Crippen LogP contribution is -2.00. The maximum absolute atomic E-state index is 11.1. The molecule has 21 heavy (non-hydrogen) atoms. The van der Waals surface area contributed by atoms with Crippen LogP contribution in [0.15, 0.2) is 54.7 Å². The van der Waals surface area contributed by atoms with Crippen LogP contribution in [0, 0.1) is 6.92 Å². The highest BCUT2D eigenvalue weighted by Crippen LogP contribution is 2.23. The molecule has 0 saturated carbocycles. The molecule has 0 radical (unpaired) electrons. The van der Waals surface area contributed by atoms with Gasteiger partial charge in [0.1, 0.15) is 12.4 Å². The zero-order valence-electron chi connectivity index (χ0n) is 11.7. The number of benzene rings is 2. The van der Waals surface area contributed by atoms with Crippen LogP contribution in [0.3, 0.4) is 0 Å². The van der Waals surface area contributed by atoms with Crippen molar-refractivity contribution in [3.63, 3.8) is 0 Å². The predicted molar refractivity (Wildman–Crippen MR) is 82.6 cm³/mol. The Morgan fingerprint density at radius 1 is 1.14 bits per heavy atom. The maximum atomic E-state index is 11.1. The van der Waals surface area contributed by atoms with Gasteiger partial charge in [0.2, 0.25) is 0 Å². The van der Waals surface area contributed by atoms with Crippen molar-refractivity contribution < 1.29 is 9.53 Å². The summed E-state index contributed by atoms with van der Waals surface area (Å²) in [6.45, 7) is 2.36. The van der Waals surface area contributed by atoms with Gasteiger partial charge in [0.25, 0.3) is 0 Å². The van der Waals surface area contributed by atoms with E-state index in [0.29, 0.717) is 17.9 Å². The molecule has 3 rings (SSSR count). The van der Waals surface area contributed by atoms with Gasteiger partial charge >= 0.3 is 0 Å². The van der Waals surface area contributed by atoms with Crippen LogP contribution in [0.5, 0.6) is 5.75 Å². The summed E-state index contributed by atoms with van der Waals surface area (Å²) < 4.78 is 5.84. The SMILES string of the molecule is Cc1cccc(C=O)c1OCc1ccc2ncccc2c1. The van der Waals surface area contributed by atoms with E-state index in [1.807, 2.05) is 43.3 Å². The van der Waals surface area contributed by atoms with Gasteiger partial charge in [-0.25, -0.2) is 0 Å². The third-order valence-corrected chi connectivity index (χ3v) is 3.42. The van der Waals surface area contributed by atoms with Gasteiger partial charge in [-0.2, -0.15) is 0 Å². The normalized spacial score (nSPS) is 10.5. The first-order valence-electron chi connectivity index (χ1n) is 6.79. The van der Waals surface area contributed by atoms with Crippen LogP contribution in [0.2, 0.25) is 0 Å². The highest BCUT2D eigenvalue weighted by Gasteiger charge is 2.06. The van der Waals surface area contributed by atoms with Crippen LogP contribution >= 0.6 is 0 Å². The monoisotopic (exact) mass is 277 g/mol. The molecule has 3 aromatic rings. The number of fused-ring (bicyclic) bond motifs is 1. The fourth-order valence-corrected chi connectivity index (χ4v) is 2.34. The summed E-state index contributed by atoms with van der Waals surface area (Å²) in [7, 11) is 0. The Morgan fingerprint density at radius 2 is 2.05 bits per heavy atom. The lowest BCUT2D eigenvalue weighted by atomic mass is 10.1. The average molecular weight is 277 g/mol.